The number of aliphatic hydroxyl groups is 2. The van der Waals surface area contributed by atoms with Crippen LogP contribution in [0.4, 0.5) is 0 Å². The lowest BCUT2D eigenvalue weighted by Gasteiger charge is -2.22. The second kappa shape index (κ2) is 4.65. The molecule has 1 aliphatic rings. The summed E-state index contributed by atoms with van der Waals surface area (Å²) in [7, 11) is -3.45. The van der Waals surface area contributed by atoms with Gasteiger partial charge in [-0.3, -0.25) is 9.09 Å². The van der Waals surface area contributed by atoms with Crippen molar-refractivity contribution >= 4 is 23.5 Å². The maximum Gasteiger partial charge on any atom is 0.361 e. The van der Waals surface area contributed by atoms with Gasteiger partial charge in [-0.15, -0.1) is 0 Å². The normalized spacial score (nSPS) is 36.3. The third-order valence-corrected chi connectivity index (χ3v) is 6.01. The van der Waals surface area contributed by atoms with Gasteiger partial charge in [0, 0.05) is 4.48 Å². The van der Waals surface area contributed by atoms with E-state index in [0.29, 0.717) is 4.48 Å². The molecule has 0 fully saturated rings. The number of hydrogen-bond donors (Lipinski definition) is 2. The quantitative estimate of drug-likeness (QED) is 0.771. The van der Waals surface area contributed by atoms with Crippen molar-refractivity contribution in [3.05, 3.63) is 9.80 Å². The van der Waals surface area contributed by atoms with Crippen molar-refractivity contribution in [3.63, 3.8) is 0 Å². The van der Waals surface area contributed by atoms with Crippen molar-refractivity contribution in [1.82, 2.24) is 0 Å². The van der Waals surface area contributed by atoms with Gasteiger partial charge in [-0.1, -0.05) is 15.9 Å². The van der Waals surface area contributed by atoms with E-state index in [0.717, 1.165) is 0 Å². The summed E-state index contributed by atoms with van der Waals surface area (Å²) in [5.41, 5.74) is -1.09. The summed E-state index contributed by atoms with van der Waals surface area (Å²) in [5.74, 6) is 0. The van der Waals surface area contributed by atoms with E-state index in [1.165, 1.54) is 0 Å². The molecule has 1 aliphatic heterocycles. The van der Waals surface area contributed by atoms with Crippen molar-refractivity contribution in [1.29, 1.82) is 0 Å². The first-order chi connectivity index (χ1) is 6.93. The van der Waals surface area contributed by atoms with Crippen LogP contribution in [0.25, 0.3) is 0 Å². The largest absolute Gasteiger partial charge is 0.393 e. The highest BCUT2D eigenvalue weighted by atomic mass is 79.9. The standard InChI is InChI=1S/C8H14BrO5P/c1-3-13-15(12)6(4-10)7(9)8(2,5-11)14-15/h10-11H,3-5H2,1-2H3. The fraction of sp³-hybridized carbons (Fsp3) is 0.750. The fourth-order valence-electron chi connectivity index (χ4n) is 1.31. The monoisotopic (exact) mass is 300 g/mol. The van der Waals surface area contributed by atoms with Gasteiger partial charge in [-0.25, -0.2) is 0 Å². The van der Waals surface area contributed by atoms with E-state index >= 15 is 0 Å². The van der Waals surface area contributed by atoms with Gasteiger partial charge in [0.15, 0.2) is 0 Å². The van der Waals surface area contributed by atoms with Crippen molar-refractivity contribution in [2.75, 3.05) is 19.8 Å². The Hall–Kier alpha value is 0.290. The highest BCUT2D eigenvalue weighted by molar-refractivity contribution is 9.11. The van der Waals surface area contributed by atoms with E-state index in [2.05, 4.69) is 15.9 Å². The predicted molar refractivity (Wildman–Crippen MR) is 58.8 cm³/mol. The Labute approximate surface area is 96.7 Å². The molecule has 0 aromatic heterocycles. The molecule has 0 spiro atoms. The van der Waals surface area contributed by atoms with Crippen LogP contribution in [-0.4, -0.2) is 35.6 Å². The molecule has 0 radical (unpaired) electrons. The van der Waals surface area contributed by atoms with Gasteiger partial charge in [0.1, 0.15) is 5.60 Å². The molecule has 0 saturated heterocycles. The van der Waals surface area contributed by atoms with Crippen LogP contribution in [-0.2, 0) is 13.6 Å². The van der Waals surface area contributed by atoms with Crippen molar-refractivity contribution in [2.45, 2.75) is 19.4 Å². The Bertz CT molecular complexity index is 329. The van der Waals surface area contributed by atoms with E-state index in [9.17, 15) is 4.57 Å². The second-order valence-corrected chi connectivity index (χ2v) is 6.08. The fourth-order valence-corrected chi connectivity index (χ4v) is 4.41. The third kappa shape index (κ3) is 2.20. The minimum Gasteiger partial charge on any atom is -0.393 e. The topological polar surface area (TPSA) is 76.0 Å². The Kier molecular flexibility index (Phi) is 4.14. The molecule has 0 aliphatic carbocycles. The van der Waals surface area contributed by atoms with Crippen molar-refractivity contribution in [3.8, 4) is 0 Å². The van der Waals surface area contributed by atoms with Crippen LogP contribution in [0.2, 0.25) is 0 Å². The molecule has 0 aromatic carbocycles. The maximum absolute atomic E-state index is 12.2. The van der Waals surface area contributed by atoms with Gasteiger partial charge in [-0.05, 0) is 13.8 Å². The summed E-state index contributed by atoms with van der Waals surface area (Å²) in [5, 5.41) is 18.5. The van der Waals surface area contributed by atoms with Gasteiger partial charge in [0.2, 0.25) is 0 Å². The third-order valence-electron chi connectivity index (χ3n) is 2.12. The first kappa shape index (κ1) is 13.4. The number of halogens is 1. The lowest BCUT2D eigenvalue weighted by Crippen LogP contribution is -2.29. The Morgan fingerprint density at radius 1 is 1.60 bits per heavy atom. The molecule has 7 heteroatoms. The smallest absolute Gasteiger partial charge is 0.361 e. The van der Waals surface area contributed by atoms with Gasteiger partial charge < -0.3 is 14.7 Å². The molecule has 5 nitrogen and oxygen atoms in total. The Morgan fingerprint density at radius 3 is 2.60 bits per heavy atom. The minimum absolute atomic E-state index is 0.181. The predicted octanol–water partition coefficient (Wildman–Crippen LogP) is 1.60. The first-order valence-electron chi connectivity index (χ1n) is 4.50. The molecule has 0 bridgehead atoms. The molecule has 2 N–H and O–H groups in total. The van der Waals surface area contributed by atoms with E-state index in [4.69, 9.17) is 19.3 Å². The lowest BCUT2D eigenvalue weighted by molar-refractivity contribution is 0.0568. The SMILES string of the molecule is CCOP1(=O)OC(C)(CO)C(Br)=C1CO. The van der Waals surface area contributed by atoms with Gasteiger partial charge in [0.05, 0.1) is 25.1 Å². The summed E-state index contributed by atoms with van der Waals surface area (Å²) in [6, 6.07) is 0. The number of aliphatic hydroxyl groups excluding tert-OH is 2. The molecule has 0 amide bonds. The highest BCUT2D eigenvalue weighted by Gasteiger charge is 2.50. The summed E-state index contributed by atoms with van der Waals surface area (Å²) in [6.07, 6.45) is 0. The Balaban J connectivity index is 3.14. The molecular formula is C8H14BrO5P. The zero-order chi connectivity index (χ0) is 11.7. The van der Waals surface area contributed by atoms with Crippen LogP contribution in [0.5, 0.6) is 0 Å². The first-order valence-corrected chi connectivity index (χ1v) is 6.84. The van der Waals surface area contributed by atoms with Crippen LogP contribution in [0.1, 0.15) is 13.8 Å². The van der Waals surface area contributed by atoms with Gasteiger partial charge >= 0.3 is 7.60 Å². The molecular weight excluding hydrogens is 287 g/mol. The zero-order valence-electron chi connectivity index (χ0n) is 8.57. The summed E-state index contributed by atoms with van der Waals surface area (Å²) in [4.78, 5) is 0. The average molecular weight is 301 g/mol. The maximum atomic E-state index is 12.2. The molecule has 0 aromatic rings. The van der Waals surface area contributed by atoms with Crippen molar-refractivity contribution in [2.24, 2.45) is 0 Å². The van der Waals surface area contributed by atoms with Crippen LogP contribution in [0.3, 0.4) is 0 Å². The molecule has 2 unspecified atom stereocenters. The minimum atomic E-state index is -3.45. The molecule has 2 atom stereocenters. The molecule has 0 saturated carbocycles. The summed E-state index contributed by atoms with van der Waals surface area (Å²) >= 11 is 3.18. The Morgan fingerprint density at radius 2 is 2.20 bits per heavy atom. The molecule has 88 valence electrons. The summed E-state index contributed by atoms with van der Waals surface area (Å²) < 4.78 is 22.8. The number of rotatable bonds is 4. The van der Waals surface area contributed by atoms with Gasteiger partial charge in [0.25, 0.3) is 0 Å². The van der Waals surface area contributed by atoms with E-state index in [-0.39, 0.29) is 18.5 Å². The van der Waals surface area contributed by atoms with Gasteiger partial charge in [-0.2, -0.15) is 0 Å². The van der Waals surface area contributed by atoms with Crippen molar-refractivity contribution < 1.29 is 23.8 Å². The zero-order valence-corrected chi connectivity index (χ0v) is 11.0. The average Bonchev–Trinajstić information content (AvgIpc) is 2.36. The van der Waals surface area contributed by atoms with Crippen LogP contribution < -0.4 is 0 Å². The van der Waals surface area contributed by atoms with Crippen LogP contribution in [0, 0.1) is 0 Å². The van der Waals surface area contributed by atoms with E-state index in [1.54, 1.807) is 13.8 Å². The van der Waals surface area contributed by atoms with Crippen LogP contribution in [0.15, 0.2) is 9.80 Å². The second-order valence-electron chi connectivity index (χ2n) is 3.31. The molecule has 1 rings (SSSR count). The van der Waals surface area contributed by atoms with E-state index < -0.39 is 19.8 Å². The highest BCUT2D eigenvalue weighted by Crippen LogP contribution is 2.67. The summed E-state index contributed by atoms with van der Waals surface area (Å²) in [6.45, 7) is 2.70. The van der Waals surface area contributed by atoms with Crippen LogP contribution >= 0.6 is 23.5 Å². The lowest BCUT2D eigenvalue weighted by atomic mass is 10.1. The molecule has 1 heterocycles. The number of hydrogen-bond acceptors (Lipinski definition) is 5. The van der Waals surface area contributed by atoms with E-state index in [1.807, 2.05) is 0 Å². The molecule has 15 heavy (non-hydrogen) atoms.